The fraction of sp³-hybridized carbons (Fsp3) is 0.556. The number of benzene rings is 1. The van der Waals surface area contributed by atoms with E-state index in [0.29, 0.717) is 0 Å². The van der Waals surface area contributed by atoms with Crippen LogP contribution in [0.5, 0.6) is 0 Å². The molecule has 0 aliphatic carbocycles. The van der Waals surface area contributed by atoms with Gasteiger partial charge in [-0.2, -0.15) is 0 Å². The predicted molar refractivity (Wildman–Crippen MR) is 97.3 cm³/mol. The molecule has 2 heterocycles. The van der Waals surface area contributed by atoms with Crippen LogP contribution in [0.25, 0.3) is 10.2 Å². The molecule has 1 atom stereocenters. The minimum absolute atomic E-state index is 0.0593. The van der Waals surface area contributed by atoms with Crippen molar-refractivity contribution in [3.8, 4) is 0 Å². The van der Waals surface area contributed by atoms with E-state index in [0.717, 1.165) is 30.2 Å². The Labute approximate surface area is 141 Å². The lowest BCUT2D eigenvalue weighted by molar-refractivity contribution is -0.125. The van der Waals surface area contributed by atoms with Gasteiger partial charge in [0.05, 0.1) is 16.1 Å². The molecular weight excluding hydrogens is 306 g/mol. The van der Waals surface area contributed by atoms with Crippen LogP contribution in [0, 0.1) is 19.8 Å². The summed E-state index contributed by atoms with van der Waals surface area (Å²) in [5.41, 5.74) is 3.42. The molecule has 1 unspecified atom stereocenters. The number of thiazole rings is 1. The standard InChI is InChI=1S/C18H25N3OS/c1-11-8-12(2)15-14(9-11)23-17(19-15)21-7-6-13(10-21)16(22)20-18(3,4)5/h8-9,13H,6-7,10H2,1-5H3,(H,20,22). The first-order valence-corrected chi connectivity index (χ1v) is 8.99. The summed E-state index contributed by atoms with van der Waals surface area (Å²) >= 11 is 1.73. The highest BCUT2D eigenvalue weighted by atomic mass is 32.1. The van der Waals surface area contributed by atoms with Gasteiger partial charge in [-0.25, -0.2) is 4.98 Å². The quantitative estimate of drug-likeness (QED) is 0.913. The van der Waals surface area contributed by atoms with Gasteiger partial charge in [-0.05, 0) is 58.2 Å². The van der Waals surface area contributed by atoms with Crippen LogP contribution in [0.2, 0.25) is 0 Å². The molecule has 3 rings (SSSR count). The Balaban J connectivity index is 1.77. The molecule has 0 saturated carbocycles. The summed E-state index contributed by atoms with van der Waals surface area (Å²) in [6, 6.07) is 4.37. The molecule has 0 bridgehead atoms. The van der Waals surface area contributed by atoms with E-state index in [4.69, 9.17) is 4.98 Å². The third-order valence-corrected chi connectivity index (χ3v) is 5.21. The van der Waals surface area contributed by atoms with Crippen LogP contribution in [-0.4, -0.2) is 29.5 Å². The minimum Gasteiger partial charge on any atom is -0.351 e. The Morgan fingerprint density at radius 1 is 1.35 bits per heavy atom. The molecular formula is C18H25N3OS. The third kappa shape index (κ3) is 3.50. The normalized spacial score (nSPS) is 18.7. The molecule has 124 valence electrons. The maximum atomic E-state index is 12.4. The van der Waals surface area contributed by atoms with Crippen molar-refractivity contribution >= 4 is 32.6 Å². The number of nitrogens with zero attached hydrogens (tertiary/aromatic N) is 2. The van der Waals surface area contributed by atoms with Gasteiger partial charge in [-0.3, -0.25) is 4.79 Å². The van der Waals surface area contributed by atoms with Gasteiger partial charge in [0.1, 0.15) is 0 Å². The third-order valence-electron chi connectivity index (χ3n) is 4.15. The van der Waals surface area contributed by atoms with Crippen molar-refractivity contribution < 1.29 is 4.79 Å². The van der Waals surface area contributed by atoms with Gasteiger partial charge in [0.25, 0.3) is 0 Å². The molecule has 2 aromatic rings. The summed E-state index contributed by atoms with van der Waals surface area (Å²) < 4.78 is 1.24. The Hall–Kier alpha value is -1.62. The Morgan fingerprint density at radius 2 is 2.09 bits per heavy atom. The second-order valence-electron chi connectivity index (χ2n) is 7.60. The molecule has 0 radical (unpaired) electrons. The van der Waals surface area contributed by atoms with E-state index in [1.54, 1.807) is 11.3 Å². The number of carbonyl (C=O) groups excluding carboxylic acids is 1. The van der Waals surface area contributed by atoms with Gasteiger partial charge in [0.2, 0.25) is 5.91 Å². The molecule has 1 aromatic heterocycles. The first-order chi connectivity index (χ1) is 10.7. The lowest BCUT2D eigenvalue weighted by atomic mass is 10.0. The monoisotopic (exact) mass is 331 g/mol. The van der Waals surface area contributed by atoms with E-state index in [9.17, 15) is 4.79 Å². The molecule has 5 heteroatoms. The first kappa shape index (κ1) is 16.2. The van der Waals surface area contributed by atoms with Crippen LogP contribution >= 0.6 is 11.3 Å². The molecule has 23 heavy (non-hydrogen) atoms. The maximum absolute atomic E-state index is 12.4. The number of rotatable bonds is 2. The molecule has 1 aromatic carbocycles. The zero-order valence-electron chi connectivity index (χ0n) is 14.6. The summed E-state index contributed by atoms with van der Waals surface area (Å²) in [6.45, 7) is 12.0. The number of hydrogen-bond donors (Lipinski definition) is 1. The molecule has 1 amide bonds. The number of fused-ring (bicyclic) bond motifs is 1. The average Bonchev–Trinajstić information content (AvgIpc) is 3.01. The van der Waals surface area contributed by atoms with E-state index in [-0.39, 0.29) is 17.4 Å². The summed E-state index contributed by atoms with van der Waals surface area (Å²) in [6.07, 6.45) is 0.899. The van der Waals surface area contributed by atoms with Crippen molar-refractivity contribution in [2.24, 2.45) is 5.92 Å². The van der Waals surface area contributed by atoms with Crippen LogP contribution < -0.4 is 10.2 Å². The van der Waals surface area contributed by atoms with E-state index in [2.05, 4.69) is 36.2 Å². The highest BCUT2D eigenvalue weighted by molar-refractivity contribution is 7.22. The lowest BCUT2D eigenvalue weighted by Crippen LogP contribution is -2.44. The summed E-state index contributed by atoms with van der Waals surface area (Å²) in [5, 5.41) is 4.14. The molecule has 1 saturated heterocycles. The number of nitrogens with one attached hydrogen (secondary N) is 1. The summed E-state index contributed by atoms with van der Waals surface area (Å²) in [5.74, 6) is 0.220. The van der Waals surface area contributed by atoms with Gasteiger partial charge in [0, 0.05) is 18.6 Å². The number of anilines is 1. The highest BCUT2D eigenvalue weighted by Crippen LogP contribution is 2.34. The number of carbonyl (C=O) groups is 1. The second-order valence-corrected chi connectivity index (χ2v) is 8.60. The van der Waals surface area contributed by atoms with Crippen LogP contribution in [-0.2, 0) is 4.79 Å². The van der Waals surface area contributed by atoms with Crippen molar-refractivity contribution in [3.63, 3.8) is 0 Å². The van der Waals surface area contributed by atoms with Crippen LogP contribution in [0.3, 0.4) is 0 Å². The van der Waals surface area contributed by atoms with Crippen molar-refractivity contribution in [1.29, 1.82) is 0 Å². The van der Waals surface area contributed by atoms with Crippen molar-refractivity contribution in [3.05, 3.63) is 23.3 Å². The first-order valence-electron chi connectivity index (χ1n) is 8.18. The van der Waals surface area contributed by atoms with Gasteiger partial charge < -0.3 is 10.2 Å². The second kappa shape index (κ2) is 5.78. The van der Waals surface area contributed by atoms with Crippen LogP contribution in [0.15, 0.2) is 12.1 Å². The van der Waals surface area contributed by atoms with Crippen molar-refractivity contribution in [2.75, 3.05) is 18.0 Å². The summed E-state index contributed by atoms with van der Waals surface area (Å²) in [7, 11) is 0. The predicted octanol–water partition coefficient (Wildman–Crippen LogP) is 3.65. The zero-order valence-corrected chi connectivity index (χ0v) is 15.4. The Bertz CT molecular complexity index is 745. The van der Waals surface area contributed by atoms with Crippen molar-refractivity contribution in [2.45, 2.75) is 46.6 Å². The SMILES string of the molecule is Cc1cc(C)c2nc(N3CCC(C(=O)NC(C)(C)C)C3)sc2c1. The minimum atomic E-state index is -0.172. The number of aromatic nitrogens is 1. The largest absolute Gasteiger partial charge is 0.351 e. The van der Waals surface area contributed by atoms with E-state index in [1.165, 1.54) is 15.8 Å². The fourth-order valence-electron chi connectivity index (χ4n) is 3.11. The number of amides is 1. The highest BCUT2D eigenvalue weighted by Gasteiger charge is 2.31. The van der Waals surface area contributed by atoms with Crippen molar-refractivity contribution in [1.82, 2.24) is 10.3 Å². The van der Waals surface area contributed by atoms with E-state index in [1.807, 2.05) is 20.8 Å². The lowest BCUT2D eigenvalue weighted by Gasteiger charge is -2.23. The number of aryl methyl sites for hydroxylation is 2. The van der Waals surface area contributed by atoms with Gasteiger partial charge in [-0.15, -0.1) is 0 Å². The van der Waals surface area contributed by atoms with Gasteiger partial charge >= 0.3 is 0 Å². The molecule has 1 aliphatic heterocycles. The fourth-order valence-corrected chi connectivity index (χ4v) is 4.29. The molecule has 1 fully saturated rings. The smallest absolute Gasteiger partial charge is 0.225 e. The van der Waals surface area contributed by atoms with E-state index >= 15 is 0 Å². The number of hydrogen-bond acceptors (Lipinski definition) is 4. The Kier molecular flexibility index (Phi) is 4.08. The average molecular weight is 331 g/mol. The van der Waals surface area contributed by atoms with Crippen LogP contribution in [0.4, 0.5) is 5.13 Å². The van der Waals surface area contributed by atoms with Gasteiger partial charge in [-0.1, -0.05) is 17.4 Å². The topological polar surface area (TPSA) is 45.2 Å². The molecule has 4 nitrogen and oxygen atoms in total. The molecule has 1 N–H and O–H groups in total. The molecule has 1 aliphatic rings. The van der Waals surface area contributed by atoms with Crippen LogP contribution in [0.1, 0.15) is 38.3 Å². The summed E-state index contributed by atoms with van der Waals surface area (Å²) in [4.78, 5) is 19.4. The Morgan fingerprint density at radius 3 is 2.78 bits per heavy atom. The van der Waals surface area contributed by atoms with Gasteiger partial charge in [0.15, 0.2) is 5.13 Å². The van der Waals surface area contributed by atoms with E-state index < -0.39 is 0 Å². The zero-order chi connectivity index (χ0) is 16.8. The maximum Gasteiger partial charge on any atom is 0.225 e. The molecule has 0 spiro atoms.